The fourth-order valence-electron chi connectivity index (χ4n) is 5.72. The highest BCUT2D eigenvalue weighted by Gasteiger charge is 2.37. The van der Waals surface area contributed by atoms with Crippen molar-refractivity contribution in [3.05, 3.63) is 99.6 Å². The quantitative estimate of drug-likeness (QED) is 0.149. The smallest absolute Gasteiger partial charge is 0.416 e. The maximum atomic E-state index is 13.9. The number of tetrazole rings is 1. The van der Waals surface area contributed by atoms with Crippen LogP contribution in [-0.2, 0) is 39.2 Å². The number of hydrogen-bond donors (Lipinski definition) is 0. The number of hydrogen-bond acceptors (Lipinski definition) is 6. The molecular formula is C33H36F8N6O. The second-order valence-corrected chi connectivity index (χ2v) is 11.5. The van der Waals surface area contributed by atoms with Crippen LogP contribution in [0.2, 0.25) is 0 Å². The molecule has 0 spiro atoms. The summed E-state index contributed by atoms with van der Waals surface area (Å²) in [6.07, 6.45) is -8.88. The molecule has 1 aromatic heterocycles. The molecule has 0 amide bonds. The predicted molar refractivity (Wildman–Crippen MR) is 164 cm³/mol. The molecule has 15 heteroatoms. The van der Waals surface area contributed by atoms with Crippen molar-refractivity contribution in [1.29, 1.82) is 0 Å². The van der Waals surface area contributed by atoms with Crippen LogP contribution in [-0.4, -0.2) is 51.5 Å². The van der Waals surface area contributed by atoms with Crippen molar-refractivity contribution >= 4 is 5.95 Å². The highest BCUT2D eigenvalue weighted by atomic mass is 19.4. The third-order valence-corrected chi connectivity index (χ3v) is 7.87. The number of likely N-dealkylation sites (tertiary alicyclic amines) is 1. The number of anilines is 1. The Morgan fingerprint density at radius 3 is 2.17 bits per heavy atom. The summed E-state index contributed by atoms with van der Waals surface area (Å²) in [5.41, 5.74) is 0.00805. The molecule has 48 heavy (non-hydrogen) atoms. The van der Waals surface area contributed by atoms with Crippen LogP contribution in [0.25, 0.3) is 0 Å². The van der Waals surface area contributed by atoms with Crippen molar-refractivity contribution in [3.63, 3.8) is 0 Å². The number of rotatable bonds is 11. The number of benzene rings is 3. The first-order chi connectivity index (χ1) is 22.7. The normalized spacial score (nSPS) is 14.6. The van der Waals surface area contributed by atoms with E-state index in [0.717, 1.165) is 40.4 Å². The summed E-state index contributed by atoms with van der Waals surface area (Å²) < 4.78 is 112. The monoisotopic (exact) mass is 684 g/mol. The number of alkyl halides is 8. The van der Waals surface area contributed by atoms with Gasteiger partial charge in [0, 0.05) is 32.2 Å². The van der Waals surface area contributed by atoms with E-state index in [0.29, 0.717) is 37.8 Å². The summed E-state index contributed by atoms with van der Waals surface area (Å²) in [5.74, 6) is 0.735. The summed E-state index contributed by atoms with van der Waals surface area (Å²) in [4.78, 5) is 4.70. The minimum absolute atomic E-state index is 0.00584. The zero-order chi connectivity index (χ0) is 35.2. The number of nitrogens with zero attached hydrogens (tertiary/aromatic N) is 6. The highest BCUT2D eigenvalue weighted by Crippen LogP contribution is 2.38. The zero-order valence-corrected chi connectivity index (χ0v) is 26.8. The second-order valence-electron chi connectivity index (χ2n) is 11.5. The van der Waals surface area contributed by atoms with E-state index in [-0.39, 0.29) is 42.3 Å². The van der Waals surface area contributed by atoms with E-state index in [1.54, 1.807) is 0 Å². The van der Waals surface area contributed by atoms with Gasteiger partial charge in [0.05, 0.1) is 25.4 Å². The molecule has 0 N–H and O–H groups in total. The molecule has 1 saturated heterocycles. The van der Waals surface area contributed by atoms with Gasteiger partial charge in [-0.15, -0.1) is 5.10 Å². The van der Waals surface area contributed by atoms with E-state index in [2.05, 4.69) is 20.3 Å². The molecule has 1 fully saturated rings. The van der Waals surface area contributed by atoms with E-state index in [1.165, 1.54) is 24.1 Å². The molecule has 260 valence electrons. The summed E-state index contributed by atoms with van der Waals surface area (Å²) in [6.45, 7) is 3.46. The van der Waals surface area contributed by atoms with Crippen LogP contribution in [0.5, 0.6) is 5.75 Å². The average Bonchev–Trinajstić information content (AvgIpc) is 3.46. The number of halogens is 8. The van der Waals surface area contributed by atoms with E-state index < -0.39 is 30.2 Å². The first-order valence-electron chi connectivity index (χ1n) is 15.0. The summed E-state index contributed by atoms with van der Waals surface area (Å²) >= 11 is 0. The van der Waals surface area contributed by atoms with E-state index in [1.807, 2.05) is 38.1 Å². The molecule has 4 aromatic rings. The fraction of sp³-hybridized carbons (Fsp3) is 0.424. The molecule has 1 aliphatic rings. The Hall–Kier alpha value is -4.27. The summed E-state index contributed by atoms with van der Waals surface area (Å²) in [7, 11) is 1.99. The van der Waals surface area contributed by atoms with Gasteiger partial charge in [-0.1, -0.05) is 36.3 Å². The lowest BCUT2D eigenvalue weighted by Gasteiger charge is -2.44. The van der Waals surface area contributed by atoms with Gasteiger partial charge in [-0.25, -0.2) is 4.39 Å². The summed E-state index contributed by atoms with van der Waals surface area (Å²) in [5, 5.41) is 12.0. The third-order valence-electron chi connectivity index (χ3n) is 7.87. The standard InChI is InChI=1S/C32H33F7N6O.CH3F/c1-4-29(44-18-27(19-44)46-26-7-5-6-20(2)10-26)28-9-8-24(31(34,35)36)14-23(28)17-45(30-40-42-43(3)41-30)16-22-11-21(15-33)12-25(13-22)32(37,38)39;1-2/h5-14,27,29H,4,15-19H2,1-3H3;1H3. The van der Waals surface area contributed by atoms with Crippen LogP contribution in [0.4, 0.5) is 41.1 Å². The third kappa shape index (κ3) is 8.99. The van der Waals surface area contributed by atoms with Crippen molar-refractivity contribution in [2.75, 3.05) is 25.2 Å². The lowest BCUT2D eigenvalue weighted by atomic mass is 9.92. The Morgan fingerprint density at radius 1 is 0.896 bits per heavy atom. The van der Waals surface area contributed by atoms with Crippen LogP contribution < -0.4 is 9.64 Å². The Morgan fingerprint density at radius 2 is 1.58 bits per heavy atom. The van der Waals surface area contributed by atoms with Crippen LogP contribution in [0, 0.1) is 6.92 Å². The number of aromatic nitrogens is 4. The van der Waals surface area contributed by atoms with Crippen LogP contribution in [0.15, 0.2) is 60.7 Å². The summed E-state index contributed by atoms with van der Waals surface area (Å²) in [6, 6.07) is 13.9. The van der Waals surface area contributed by atoms with Gasteiger partial charge < -0.3 is 9.64 Å². The molecule has 5 rings (SSSR count). The highest BCUT2D eigenvalue weighted by molar-refractivity contribution is 5.42. The van der Waals surface area contributed by atoms with Gasteiger partial charge in [-0.05, 0) is 82.8 Å². The topological polar surface area (TPSA) is 59.3 Å². The lowest BCUT2D eigenvalue weighted by molar-refractivity contribution is -0.138. The Bertz CT molecular complexity index is 1650. The minimum atomic E-state index is -4.73. The SMILES string of the molecule is CCC(c1ccc(C(F)(F)F)cc1CN(Cc1cc(CF)cc(C(F)(F)F)c1)c1nnn(C)n1)N1CC(Oc2cccc(C)c2)C1.CF. The molecule has 7 nitrogen and oxygen atoms in total. The van der Waals surface area contributed by atoms with Gasteiger partial charge >= 0.3 is 12.4 Å². The Labute approximate surface area is 273 Å². The van der Waals surface area contributed by atoms with E-state index in [4.69, 9.17) is 4.74 Å². The molecule has 1 atom stereocenters. The first kappa shape index (κ1) is 36.6. The average molecular weight is 685 g/mol. The molecule has 3 aromatic carbocycles. The lowest BCUT2D eigenvalue weighted by Crippen LogP contribution is -2.55. The maximum absolute atomic E-state index is 13.9. The van der Waals surface area contributed by atoms with E-state index in [9.17, 15) is 35.1 Å². The number of aryl methyl sites for hydroxylation is 2. The molecular weight excluding hydrogens is 648 g/mol. The van der Waals surface area contributed by atoms with Gasteiger partial charge in [-0.2, -0.15) is 31.1 Å². The van der Waals surface area contributed by atoms with Gasteiger partial charge in [0.1, 0.15) is 18.5 Å². The molecule has 0 bridgehead atoms. The van der Waals surface area contributed by atoms with Crippen molar-refractivity contribution in [2.24, 2.45) is 7.05 Å². The van der Waals surface area contributed by atoms with Crippen molar-refractivity contribution in [2.45, 2.75) is 64.5 Å². The zero-order valence-electron chi connectivity index (χ0n) is 26.8. The van der Waals surface area contributed by atoms with Gasteiger partial charge in [0.15, 0.2) is 0 Å². The number of ether oxygens (including phenoxy) is 1. The van der Waals surface area contributed by atoms with Gasteiger partial charge in [0.25, 0.3) is 5.95 Å². The molecule has 1 unspecified atom stereocenters. The largest absolute Gasteiger partial charge is 0.488 e. The van der Waals surface area contributed by atoms with Crippen LogP contribution in [0.1, 0.15) is 58.3 Å². The van der Waals surface area contributed by atoms with Crippen molar-refractivity contribution in [3.8, 4) is 5.75 Å². The Kier molecular flexibility index (Phi) is 11.7. The van der Waals surface area contributed by atoms with Crippen molar-refractivity contribution < 1.29 is 39.9 Å². The molecule has 0 aliphatic carbocycles. The first-order valence-corrected chi connectivity index (χ1v) is 15.0. The molecule has 0 saturated carbocycles. The van der Waals surface area contributed by atoms with Gasteiger partial charge in [0.2, 0.25) is 0 Å². The van der Waals surface area contributed by atoms with Crippen LogP contribution >= 0.6 is 0 Å². The minimum Gasteiger partial charge on any atom is -0.488 e. The maximum Gasteiger partial charge on any atom is 0.416 e. The second kappa shape index (κ2) is 15.3. The molecule has 0 radical (unpaired) electrons. The fourth-order valence-corrected chi connectivity index (χ4v) is 5.72. The Balaban J connectivity index is 0.00000255. The van der Waals surface area contributed by atoms with Gasteiger partial charge in [-0.3, -0.25) is 9.29 Å². The molecule has 1 aliphatic heterocycles. The molecule has 2 heterocycles. The predicted octanol–water partition coefficient (Wildman–Crippen LogP) is 8.03. The van der Waals surface area contributed by atoms with Crippen molar-refractivity contribution in [1.82, 2.24) is 25.1 Å². The van der Waals surface area contributed by atoms with Crippen LogP contribution in [0.3, 0.4) is 0 Å². The van der Waals surface area contributed by atoms with E-state index >= 15 is 0 Å².